The smallest absolute Gasteiger partial charge is 0.326 e. The van der Waals surface area contributed by atoms with Gasteiger partial charge in [0.2, 0.25) is 41.4 Å². The third-order valence-electron chi connectivity index (χ3n) is 13.2. The van der Waals surface area contributed by atoms with Crippen LogP contribution in [0, 0.1) is 11.8 Å². The van der Waals surface area contributed by atoms with E-state index < -0.39 is 117 Å². The van der Waals surface area contributed by atoms with Crippen molar-refractivity contribution in [3.63, 3.8) is 0 Å². The molecule has 0 bridgehead atoms. The Hall–Kier alpha value is -5.89. The van der Waals surface area contributed by atoms with Crippen molar-refractivity contribution >= 4 is 57.2 Å². The first-order valence-corrected chi connectivity index (χ1v) is 25.8. The molecule has 380 valence electrons. The molecule has 2 fully saturated rings. The van der Waals surface area contributed by atoms with Crippen LogP contribution in [0.4, 0.5) is 0 Å². The van der Waals surface area contributed by atoms with Crippen molar-refractivity contribution in [2.75, 3.05) is 39.2 Å². The first-order valence-electron chi connectivity index (χ1n) is 23.8. The van der Waals surface area contributed by atoms with Crippen LogP contribution < -0.4 is 21.7 Å². The molecule has 20 heteroatoms. The highest BCUT2D eigenvalue weighted by molar-refractivity contribution is 7.90. The normalized spacial score (nSPS) is 19.0. The fourth-order valence-electron chi connectivity index (χ4n) is 8.85. The maximum absolute atomic E-state index is 14.8. The molecule has 0 aromatic heterocycles. The van der Waals surface area contributed by atoms with E-state index in [-0.39, 0.29) is 38.1 Å². The molecule has 2 aromatic carbocycles. The van der Waals surface area contributed by atoms with Gasteiger partial charge in [0, 0.05) is 46.3 Å². The minimum atomic E-state index is -3.69. The second-order valence-electron chi connectivity index (χ2n) is 18.9. The Labute approximate surface area is 406 Å². The summed E-state index contributed by atoms with van der Waals surface area (Å²) >= 11 is 0. The number of hydrogen-bond donors (Lipinski definition) is 5. The quantitative estimate of drug-likeness (QED) is 0.105. The summed E-state index contributed by atoms with van der Waals surface area (Å²) in [5.41, 5.74) is 7.17. The van der Waals surface area contributed by atoms with Crippen LogP contribution in [0.2, 0.25) is 0 Å². The Morgan fingerprint density at radius 1 is 0.725 bits per heavy atom. The molecule has 19 nitrogen and oxygen atoms in total. The number of sulfone groups is 1. The van der Waals surface area contributed by atoms with E-state index >= 15 is 0 Å². The number of benzene rings is 2. The van der Waals surface area contributed by atoms with Gasteiger partial charge in [-0.25, -0.2) is 13.2 Å². The van der Waals surface area contributed by atoms with Crippen molar-refractivity contribution in [2.45, 2.75) is 134 Å². The van der Waals surface area contributed by atoms with Crippen molar-refractivity contribution in [1.29, 1.82) is 0 Å². The molecule has 0 saturated carbocycles. The zero-order chi connectivity index (χ0) is 51.3. The Morgan fingerprint density at radius 2 is 1.25 bits per heavy atom. The molecule has 2 aliphatic rings. The second-order valence-corrected chi connectivity index (χ2v) is 21.2. The van der Waals surface area contributed by atoms with Crippen molar-refractivity contribution in [3.8, 4) is 0 Å². The molecule has 69 heavy (non-hydrogen) atoms. The molecule has 0 radical (unpaired) electrons. The number of nitrogens with two attached hydrogens (primary N) is 1. The van der Waals surface area contributed by atoms with Crippen LogP contribution in [0.3, 0.4) is 0 Å². The Kier molecular flexibility index (Phi) is 20.3. The highest BCUT2D eigenvalue weighted by Gasteiger charge is 2.44. The van der Waals surface area contributed by atoms with Crippen LogP contribution in [0.15, 0.2) is 60.7 Å². The third-order valence-corrected chi connectivity index (χ3v) is 14.2. The summed E-state index contributed by atoms with van der Waals surface area (Å²) in [6.45, 7) is 9.01. The van der Waals surface area contributed by atoms with E-state index in [4.69, 9.17) is 5.73 Å². The molecule has 0 aliphatic carbocycles. The number of carbonyl (C=O) groups is 8. The topological polar surface area (TPSA) is 266 Å². The lowest BCUT2D eigenvalue weighted by molar-refractivity contribution is -0.153. The molecule has 7 amide bonds. The number of nitrogens with one attached hydrogen (secondary N) is 3. The van der Waals surface area contributed by atoms with Crippen molar-refractivity contribution < 1.29 is 51.9 Å². The van der Waals surface area contributed by atoms with Crippen LogP contribution in [0.5, 0.6) is 0 Å². The van der Waals surface area contributed by atoms with E-state index in [1.54, 1.807) is 81.4 Å². The maximum Gasteiger partial charge on any atom is 0.326 e. The first-order chi connectivity index (χ1) is 32.5. The number of hydrogen-bond acceptors (Lipinski definition) is 11. The molecular weight excluding hydrogens is 909 g/mol. The zero-order valence-electron chi connectivity index (χ0n) is 41.1. The lowest BCUT2D eigenvalue weighted by Gasteiger charge is -2.36. The van der Waals surface area contributed by atoms with Crippen LogP contribution in [0.25, 0.3) is 0 Å². The summed E-state index contributed by atoms with van der Waals surface area (Å²) in [5, 5.41) is 18.5. The summed E-state index contributed by atoms with van der Waals surface area (Å²) in [6, 6.07) is 8.46. The van der Waals surface area contributed by atoms with E-state index in [9.17, 15) is 51.9 Å². The Balaban J connectivity index is 1.62. The van der Waals surface area contributed by atoms with E-state index in [0.717, 1.165) is 11.2 Å². The van der Waals surface area contributed by atoms with Gasteiger partial charge in [-0.2, -0.15) is 0 Å². The summed E-state index contributed by atoms with van der Waals surface area (Å²) in [7, 11) is -0.932. The largest absolute Gasteiger partial charge is 0.480 e. The molecule has 2 saturated heterocycles. The third kappa shape index (κ3) is 15.1. The Bertz CT molecular complexity index is 2250. The average Bonchev–Trinajstić information content (AvgIpc) is 4.02. The van der Waals surface area contributed by atoms with Gasteiger partial charge in [-0.05, 0) is 62.0 Å². The number of nitrogens with zero attached hydrogens (tertiary/aromatic N) is 4. The zero-order valence-corrected chi connectivity index (χ0v) is 41.9. The van der Waals surface area contributed by atoms with Crippen LogP contribution in [-0.2, 0) is 61.0 Å². The van der Waals surface area contributed by atoms with E-state index in [1.165, 1.54) is 35.7 Å². The van der Waals surface area contributed by atoms with E-state index in [1.807, 2.05) is 6.92 Å². The van der Waals surface area contributed by atoms with Gasteiger partial charge < -0.3 is 46.4 Å². The van der Waals surface area contributed by atoms with Crippen LogP contribution >= 0.6 is 0 Å². The van der Waals surface area contributed by atoms with Gasteiger partial charge in [0.25, 0.3) is 0 Å². The van der Waals surface area contributed by atoms with Gasteiger partial charge in [0.1, 0.15) is 52.1 Å². The van der Waals surface area contributed by atoms with Gasteiger partial charge >= 0.3 is 5.97 Å². The highest BCUT2D eigenvalue weighted by atomic mass is 32.2. The standard InChI is InChI=1S/C49H72N8O11S/c1-9-31(4)41(53-44(60)40(30(2)3)52-42(58)36-22-16-25-56(36)45(61)32(5)50)48(64)54(6)38(28-33-18-12-10-13-19-33)43(59)51-35(24-27-69(8,67)68)46(62)57-26-17-23-37(57)47(63)55(7)39(49(65)66)29-34-20-14-11-15-21-34/h10-15,18-21,30-32,35-41H,9,16-17,22-29,50H2,1-8H3,(H,51,59)(H,52,58)(H,53,60)(H,65,66)/t31-,32-,35-,36-,37-,38-,39-,40-,41-/m0/s1. The number of likely N-dealkylation sites (N-methyl/N-ethyl adjacent to an activating group) is 2. The fraction of sp³-hybridized carbons (Fsp3) is 0.592. The minimum absolute atomic E-state index is 0.00905. The van der Waals surface area contributed by atoms with Crippen molar-refractivity contribution in [2.24, 2.45) is 17.6 Å². The number of carbonyl (C=O) groups excluding carboxylic acids is 7. The van der Waals surface area contributed by atoms with E-state index in [2.05, 4.69) is 16.0 Å². The number of carboxylic acids is 1. The molecule has 9 atom stereocenters. The fourth-order valence-corrected chi connectivity index (χ4v) is 9.52. The molecule has 4 rings (SSSR count). The predicted molar refractivity (Wildman–Crippen MR) is 259 cm³/mol. The molecule has 2 aromatic rings. The van der Waals surface area contributed by atoms with Gasteiger partial charge in [0.05, 0.1) is 11.8 Å². The summed E-state index contributed by atoms with van der Waals surface area (Å²) in [4.78, 5) is 116. The van der Waals surface area contributed by atoms with Crippen LogP contribution in [-0.4, -0.2) is 168 Å². The molecular formula is C49H72N8O11S. The lowest BCUT2D eigenvalue weighted by atomic mass is 9.94. The molecule has 2 aliphatic heterocycles. The number of likely N-dealkylation sites (tertiary alicyclic amines) is 2. The lowest BCUT2D eigenvalue weighted by Crippen LogP contribution is -2.62. The highest BCUT2D eigenvalue weighted by Crippen LogP contribution is 2.24. The minimum Gasteiger partial charge on any atom is -0.480 e. The van der Waals surface area contributed by atoms with Crippen molar-refractivity contribution in [1.82, 2.24) is 35.6 Å². The SMILES string of the molecule is CC[C@H](C)[C@H](NC(=O)[C@@H](NC(=O)[C@@H]1CCCN1C(=O)[C@H](C)N)C(C)C)C(=O)N(C)[C@@H](Cc1ccccc1)C(=O)N[C@@H](CCS(C)(=O)=O)C(=O)N1CCC[C@H]1C(=O)N(C)[C@@H](Cc1ccccc1)C(=O)O. The first kappa shape index (κ1) is 55.7. The van der Waals surface area contributed by atoms with E-state index in [0.29, 0.717) is 43.4 Å². The number of rotatable bonds is 23. The van der Waals surface area contributed by atoms with Crippen molar-refractivity contribution in [3.05, 3.63) is 71.8 Å². The van der Waals surface area contributed by atoms with Crippen LogP contribution in [0.1, 0.15) is 84.3 Å². The van der Waals surface area contributed by atoms with Gasteiger partial charge in [-0.1, -0.05) is 94.8 Å². The predicted octanol–water partition coefficient (Wildman–Crippen LogP) is 1.13. The Morgan fingerprint density at radius 3 is 1.74 bits per heavy atom. The molecule has 2 heterocycles. The number of amides is 7. The summed E-state index contributed by atoms with van der Waals surface area (Å²) < 4.78 is 25.1. The molecule has 6 N–H and O–H groups in total. The average molecular weight is 981 g/mol. The monoisotopic (exact) mass is 981 g/mol. The second kappa shape index (κ2) is 25.1. The number of aliphatic carboxylic acids is 1. The van der Waals surface area contributed by atoms with Gasteiger partial charge in [-0.3, -0.25) is 33.6 Å². The van der Waals surface area contributed by atoms with Gasteiger partial charge in [0.15, 0.2) is 0 Å². The maximum atomic E-state index is 14.8. The van der Waals surface area contributed by atoms with Gasteiger partial charge in [-0.15, -0.1) is 0 Å². The summed E-state index contributed by atoms with van der Waals surface area (Å²) in [5.74, 6) is -7.07. The summed E-state index contributed by atoms with van der Waals surface area (Å²) in [6.07, 6.45) is 2.53. The molecule has 0 spiro atoms. The number of carboxylic acid groups (broad SMARTS) is 1. The molecule has 0 unspecified atom stereocenters.